The molecule has 3 atom stereocenters. The first-order valence-electron chi connectivity index (χ1n) is 8.17. The summed E-state index contributed by atoms with van der Waals surface area (Å²) in [5, 5.41) is 3.55. The van der Waals surface area contributed by atoms with Gasteiger partial charge in [0.1, 0.15) is 5.75 Å². The number of halogens is 1. The normalized spacial score (nSPS) is 25.8. The first-order chi connectivity index (χ1) is 10.1. The highest BCUT2D eigenvalue weighted by atomic mass is 79.9. The summed E-state index contributed by atoms with van der Waals surface area (Å²) >= 11 is 3.60. The van der Waals surface area contributed by atoms with Gasteiger partial charge in [-0.1, -0.05) is 26.3 Å². The number of rotatable bonds is 6. The van der Waals surface area contributed by atoms with E-state index < -0.39 is 0 Å². The molecule has 1 aromatic rings. The maximum absolute atomic E-state index is 5.32. The van der Waals surface area contributed by atoms with Gasteiger partial charge in [-0.25, -0.2) is 0 Å². The van der Waals surface area contributed by atoms with Crippen LogP contribution in [0.3, 0.4) is 0 Å². The molecule has 1 aliphatic rings. The van der Waals surface area contributed by atoms with Crippen LogP contribution in [0.25, 0.3) is 0 Å². The third-order valence-corrected chi connectivity index (χ3v) is 5.39. The highest BCUT2D eigenvalue weighted by molar-refractivity contribution is 9.10. The van der Waals surface area contributed by atoms with Crippen molar-refractivity contribution >= 4 is 15.9 Å². The Hall–Kier alpha value is -0.540. The molecule has 0 bridgehead atoms. The zero-order valence-electron chi connectivity index (χ0n) is 13.5. The lowest BCUT2D eigenvalue weighted by molar-refractivity contribution is 0.184. The molecule has 3 heteroatoms. The molecule has 2 nitrogen and oxygen atoms in total. The lowest BCUT2D eigenvalue weighted by atomic mass is 9.72. The van der Waals surface area contributed by atoms with Crippen LogP contribution < -0.4 is 10.1 Å². The summed E-state index contributed by atoms with van der Waals surface area (Å²) in [6, 6.07) is 6.51. The van der Waals surface area contributed by atoms with Crippen molar-refractivity contribution in [2.75, 3.05) is 20.2 Å². The van der Waals surface area contributed by atoms with E-state index in [9.17, 15) is 0 Å². The Morgan fingerprint density at radius 2 is 2.10 bits per heavy atom. The SMILES string of the molecule is CCNCC1CCC(C)CC1Cc1ccc(OC)c(Br)c1. The van der Waals surface area contributed by atoms with Crippen LogP contribution in [0.4, 0.5) is 0 Å². The summed E-state index contributed by atoms with van der Waals surface area (Å²) in [6.45, 7) is 6.85. The molecule has 3 unspecified atom stereocenters. The van der Waals surface area contributed by atoms with Crippen molar-refractivity contribution in [3.63, 3.8) is 0 Å². The average molecular weight is 354 g/mol. The van der Waals surface area contributed by atoms with Crippen LogP contribution in [0.15, 0.2) is 22.7 Å². The van der Waals surface area contributed by atoms with Gasteiger partial charge in [-0.05, 0) is 83.7 Å². The third-order valence-electron chi connectivity index (χ3n) is 4.77. The van der Waals surface area contributed by atoms with E-state index in [1.54, 1.807) is 7.11 Å². The second-order valence-corrected chi connectivity index (χ2v) is 7.27. The molecule has 0 spiro atoms. The van der Waals surface area contributed by atoms with E-state index in [2.05, 4.69) is 53.3 Å². The second-order valence-electron chi connectivity index (χ2n) is 6.42. The minimum atomic E-state index is 0.799. The first kappa shape index (κ1) is 16.8. The minimum absolute atomic E-state index is 0.799. The summed E-state index contributed by atoms with van der Waals surface area (Å²) in [4.78, 5) is 0. The number of hydrogen-bond donors (Lipinski definition) is 1. The van der Waals surface area contributed by atoms with Crippen molar-refractivity contribution in [2.45, 2.75) is 39.5 Å². The van der Waals surface area contributed by atoms with Crippen LogP contribution in [0.2, 0.25) is 0 Å². The molecule has 1 fully saturated rings. The number of nitrogens with one attached hydrogen (secondary N) is 1. The topological polar surface area (TPSA) is 21.3 Å². The molecule has 0 aromatic heterocycles. The molecule has 1 N–H and O–H groups in total. The van der Waals surface area contributed by atoms with Crippen molar-refractivity contribution in [3.05, 3.63) is 28.2 Å². The second kappa shape index (κ2) is 8.19. The van der Waals surface area contributed by atoms with Crippen molar-refractivity contribution in [1.29, 1.82) is 0 Å². The van der Waals surface area contributed by atoms with Crippen LogP contribution in [0.1, 0.15) is 38.7 Å². The number of hydrogen-bond acceptors (Lipinski definition) is 2. The Kier molecular flexibility index (Phi) is 6.56. The van der Waals surface area contributed by atoms with Gasteiger partial charge < -0.3 is 10.1 Å². The zero-order chi connectivity index (χ0) is 15.2. The lowest BCUT2D eigenvalue weighted by Gasteiger charge is -2.35. The summed E-state index contributed by atoms with van der Waals surface area (Å²) in [7, 11) is 1.72. The van der Waals surface area contributed by atoms with Crippen molar-refractivity contribution in [1.82, 2.24) is 5.32 Å². The smallest absolute Gasteiger partial charge is 0.133 e. The predicted molar refractivity (Wildman–Crippen MR) is 92.9 cm³/mol. The van der Waals surface area contributed by atoms with Gasteiger partial charge in [-0.2, -0.15) is 0 Å². The third kappa shape index (κ3) is 4.72. The van der Waals surface area contributed by atoms with Crippen molar-refractivity contribution < 1.29 is 4.74 Å². The molecule has 21 heavy (non-hydrogen) atoms. The summed E-state index contributed by atoms with van der Waals surface area (Å²) in [6.07, 6.45) is 5.30. The van der Waals surface area contributed by atoms with Gasteiger partial charge in [0.2, 0.25) is 0 Å². The Labute approximate surface area is 137 Å². The average Bonchev–Trinajstić information content (AvgIpc) is 2.47. The predicted octanol–water partition coefficient (Wildman–Crippen LogP) is 4.66. The molecule has 1 saturated carbocycles. The zero-order valence-corrected chi connectivity index (χ0v) is 15.1. The van der Waals surface area contributed by atoms with Gasteiger partial charge in [0, 0.05) is 0 Å². The van der Waals surface area contributed by atoms with Gasteiger partial charge in [0.15, 0.2) is 0 Å². The van der Waals surface area contributed by atoms with Crippen molar-refractivity contribution in [2.24, 2.45) is 17.8 Å². The summed E-state index contributed by atoms with van der Waals surface area (Å²) in [5.74, 6) is 3.41. The van der Waals surface area contributed by atoms with E-state index in [0.29, 0.717) is 0 Å². The first-order valence-corrected chi connectivity index (χ1v) is 8.96. The highest BCUT2D eigenvalue weighted by Gasteiger charge is 2.28. The van der Waals surface area contributed by atoms with Crippen LogP contribution in [0, 0.1) is 17.8 Å². The van der Waals surface area contributed by atoms with Crippen LogP contribution in [-0.4, -0.2) is 20.2 Å². The monoisotopic (exact) mass is 353 g/mol. The van der Waals surface area contributed by atoms with E-state index in [4.69, 9.17) is 4.74 Å². The van der Waals surface area contributed by atoms with Crippen LogP contribution >= 0.6 is 15.9 Å². The number of ether oxygens (including phenoxy) is 1. The number of benzene rings is 1. The van der Waals surface area contributed by atoms with Gasteiger partial charge >= 0.3 is 0 Å². The molecule has 0 radical (unpaired) electrons. The van der Waals surface area contributed by atoms with E-state index in [-0.39, 0.29) is 0 Å². The van der Waals surface area contributed by atoms with Gasteiger partial charge in [-0.15, -0.1) is 0 Å². The fourth-order valence-corrected chi connectivity index (χ4v) is 4.14. The Balaban J connectivity index is 2.04. The van der Waals surface area contributed by atoms with E-state index >= 15 is 0 Å². The molecule has 0 heterocycles. The largest absolute Gasteiger partial charge is 0.496 e. The van der Waals surface area contributed by atoms with E-state index in [1.807, 2.05) is 0 Å². The lowest BCUT2D eigenvalue weighted by Crippen LogP contribution is -2.33. The Morgan fingerprint density at radius 1 is 1.29 bits per heavy atom. The molecule has 2 rings (SSSR count). The maximum atomic E-state index is 5.32. The molecular formula is C18H28BrNO. The molecule has 1 aromatic carbocycles. The van der Waals surface area contributed by atoms with Gasteiger partial charge in [0.05, 0.1) is 11.6 Å². The molecule has 118 valence electrons. The fourth-order valence-electron chi connectivity index (χ4n) is 3.55. The van der Waals surface area contributed by atoms with Gasteiger partial charge in [-0.3, -0.25) is 0 Å². The summed E-state index contributed by atoms with van der Waals surface area (Å²) in [5.41, 5.74) is 1.42. The Morgan fingerprint density at radius 3 is 2.76 bits per heavy atom. The molecular weight excluding hydrogens is 326 g/mol. The Bertz CT molecular complexity index is 447. The van der Waals surface area contributed by atoms with E-state index in [1.165, 1.54) is 37.8 Å². The molecule has 1 aliphatic carbocycles. The quantitative estimate of drug-likeness (QED) is 0.802. The van der Waals surface area contributed by atoms with Crippen molar-refractivity contribution in [3.8, 4) is 5.75 Å². The number of methoxy groups -OCH3 is 1. The fraction of sp³-hybridized carbons (Fsp3) is 0.667. The standard InChI is InChI=1S/C18H28BrNO/c1-4-20-12-15-7-5-13(2)9-16(15)10-14-6-8-18(21-3)17(19)11-14/h6,8,11,13,15-16,20H,4-5,7,9-10,12H2,1-3H3. The molecule has 0 aliphatic heterocycles. The maximum Gasteiger partial charge on any atom is 0.133 e. The summed E-state index contributed by atoms with van der Waals surface area (Å²) < 4.78 is 6.39. The van der Waals surface area contributed by atoms with E-state index in [0.717, 1.165) is 34.5 Å². The minimum Gasteiger partial charge on any atom is -0.496 e. The van der Waals surface area contributed by atoms with Crippen LogP contribution in [0.5, 0.6) is 5.75 Å². The molecule has 0 saturated heterocycles. The van der Waals surface area contributed by atoms with Crippen LogP contribution in [-0.2, 0) is 6.42 Å². The molecule has 0 amide bonds. The highest BCUT2D eigenvalue weighted by Crippen LogP contribution is 2.36. The van der Waals surface area contributed by atoms with Gasteiger partial charge in [0.25, 0.3) is 0 Å².